The molecule has 162 valence electrons. The van der Waals surface area contributed by atoms with Crippen LogP contribution in [0.2, 0.25) is 0 Å². The van der Waals surface area contributed by atoms with E-state index in [4.69, 9.17) is 4.42 Å². The Morgan fingerprint density at radius 3 is 2.81 bits per heavy atom. The Labute approximate surface area is 184 Å². The molecule has 1 saturated heterocycles. The highest BCUT2D eigenvalue weighted by molar-refractivity contribution is 5.99. The zero-order valence-electron chi connectivity index (χ0n) is 17.5. The van der Waals surface area contributed by atoms with Crippen molar-refractivity contribution in [3.63, 3.8) is 0 Å². The van der Waals surface area contributed by atoms with Gasteiger partial charge in [0.2, 0.25) is 5.91 Å². The second kappa shape index (κ2) is 8.66. The molecule has 0 bridgehead atoms. The van der Waals surface area contributed by atoms with Crippen molar-refractivity contribution >= 4 is 22.8 Å². The lowest BCUT2D eigenvalue weighted by Gasteiger charge is -2.23. The summed E-state index contributed by atoms with van der Waals surface area (Å²) in [5.41, 5.74) is 2.31. The molecule has 4 aromatic rings. The first-order valence-electron chi connectivity index (χ1n) is 10.7. The van der Waals surface area contributed by atoms with Gasteiger partial charge in [0.25, 0.3) is 5.91 Å². The van der Waals surface area contributed by atoms with Crippen molar-refractivity contribution in [3.8, 4) is 0 Å². The van der Waals surface area contributed by atoms with Gasteiger partial charge in [-0.15, -0.1) is 0 Å². The van der Waals surface area contributed by atoms with Crippen LogP contribution in [0.3, 0.4) is 0 Å². The molecule has 1 N–H and O–H groups in total. The maximum Gasteiger partial charge on any atom is 0.256 e. The molecule has 5 rings (SSSR count). The number of nitrogens with one attached hydrogen (secondary N) is 1. The summed E-state index contributed by atoms with van der Waals surface area (Å²) in [5, 5.41) is 8.10. The fraction of sp³-hybridized carbons (Fsp3) is 0.250. The zero-order chi connectivity index (χ0) is 21.9. The van der Waals surface area contributed by atoms with Crippen LogP contribution in [0.5, 0.6) is 0 Å². The minimum absolute atomic E-state index is 0.169. The second-order valence-corrected chi connectivity index (χ2v) is 7.88. The van der Waals surface area contributed by atoms with E-state index < -0.39 is 6.04 Å². The number of hydrogen-bond acceptors (Lipinski definition) is 5. The molecular weight excluding hydrogens is 406 g/mol. The molecule has 1 aliphatic heterocycles. The summed E-state index contributed by atoms with van der Waals surface area (Å²) in [7, 11) is 0. The van der Waals surface area contributed by atoms with Gasteiger partial charge in [-0.25, -0.2) is 9.67 Å². The van der Waals surface area contributed by atoms with Crippen molar-refractivity contribution in [3.05, 3.63) is 84.1 Å². The lowest BCUT2D eigenvalue weighted by atomic mass is 10.1. The first kappa shape index (κ1) is 20.0. The lowest BCUT2D eigenvalue weighted by Crippen LogP contribution is -2.45. The Kier molecular flexibility index (Phi) is 5.41. The van der Waals surface area contributed by atoms with E-state index in [0.29, 0.717) is 37.4 Å². The second-order valence-electron chi connectivity index (χ2n) is 7.88. The number of aromatic nitrogens is 3. The fourth-order valence-corrected chi connectivity index (χ4v) is 4.11. The molecule has 32 heavy (non-hydrogen) atoms. The number of nitrogens with zero attached hydrogens (tertiary/aromatic N) is 4. The third-order valence-corrected chi connectivity index (χ3v) is 5.73. The van der Waals surface area contributed by atoms with Crippen LogP contribution in [0.4, 0.5) is 0 Å². The fourth-order valence-electron chi connectivity index (χ4n) is 4.11. The van der Waals surface area contributed by atoms with Crippen LogP contribution in [-0.4, -0.2) is 44.1 Å². The molecule has 1 unspecified atom stereocenters. The summed E-state index contributed by atoms with van der Waals surface area (Å²) in [4.78, 5) is 32.0. The van der Waals surface area contributed by atoms with E-state index in [1.54, 1.807) is 41.8 Å². The van der Waals surface area contributed by atoms with Crippen molar-refractivity contribution in [2.24, 2.45) is 0 Å². The molecule has 0 radical (unpaired) electrons. The summed E-state index contributed by atoms with van der Waals surface area (Å²) >= 11 is 0. The van der Waals surface area contributed by atoms with Gasteiger partial charge in [0.15, 0.2) is 5.65 Å². The standard InChI is InChI=1S/C24H23N5O3/c30-23(26-15-20-8-5-11-32-20)21-9-4-10-28(21)24(31)19-12-18-14-27-29(22(18)25-13-19)16-17-6-2-1-3-7-17/h1-3,5-8,11-14,21H,4,9-10,15-16H2,(H,26,30). The molecule has 2 amide bonds. The van der Waals surface area contributed by atoms with Gasteiger partial charge in [0.1, 0.15) is 11.8 Å². The predicted octanol–water partition coefficient (Wildman–Crippen LogP) is 2.99. The van der Waals surface area contributed by atoms with E-state index in [0.717, 1.165) is 23.0 Å². The van der Waals surface area contributed by atoms with Gasteiger partial charge in [-0.1, -0.05) is 30.3 Å². The molecule has 1 aliphatic rings. The third-order valence-electron chi connectivity index (χ3n) is 5.73. The minimum atomic E-state index is -0.492. The van der Waals surface area contributed by atoms with E-state index in [-0.39, 0.29) is 11.8 Å². The SMILES string of the molecule is O=C(NCc1ccco1)C1CCCN1C(=O)c1cnc2c(cnn2Cc2ccccc2)c1. The molecule has 0 saturated carbocycles. The van der Waals surface area contributed by atoms with E-state index in [1.807, 2.05) is 35.0 Å². The van der Waals surface area contributed by atoms with Crippen molar-refractivity contribution < 1.29 is 14.0 Å². The Balaban J connectivity index is 1.30. The first-order valence-corrected chi connectivity index (χ1v) is 10.7. The quantitative estimate of drug-likeness (QED) is 0.509. The number of pyridine rings is 1. The van der Waals surface area contributed by atoms with Crippen LogP contribution >= 0.6 is 0 Å². The smallest absolute Gasteiger partial charge is 0.256 e. The van der Waals surface area contributed by atoms with Crippen LogP contribution in [-0.2, 0) is 17.9 Å². The Hall–Kier alpha value is -3.94. The molecule has 1 atom stereocenters. The van der Waals surface area contributed by atoms with E-state index in [9.17, 15) is 9.59 Å². The van der Waals surface area contributed by atoms with Crippen molar-refractivity contribution in [2.45, 2.75) is 32.0 Å². The van der Waals surface area contributed by atoms with E-state index in [1.165, 1.54) is 0 Å². The minimum Gasteiger partial charge on any atom is -0.467 e. The number of fused-ring (bicyclic) bond motifs is 1. The average Bonchev–Trinajstić information content (AvgIpc) is 3.59. The lowest BCUT2D eigenvalue weighted by molar-refractivity contribution is -0.125. The Morgan fingerprint density at radius 1 is 1.12 bits per heavy atom. The molecule has 1 aromatic carbocycles. The number of benzene rings is 1. The normalized spacial score (nSPS) is 15.9. The number of hydrogen-bond donors (Lipinski definition) is 1. The summed E-state index contributed by atoms with van der Waals surface area (Å²) in [6.07, 6.45) is 6.29. The largest absolute Gasteiger partial charge is 0.467 e. The highest BCUT2D eigenvalue weighted by Gasteiger charge is 2.34. The number of rotatable bonds is 6. The highest BCUT2D eigenvalue weighted by Crippen LogP contribution is 2.22. The molecule has 8 heteroatoms. The monoisotopic (exact) mass is 429 g/mol. The van der Waals surface area contributed by atoms with Gasteiger partial charge < -0.3 is 14.6 Å². The summed E-state index contributed by atoms with van der Waals surface area (Å²) < 4.78 is 7.08. The van der Waals surface area contributed by atoms with Crippen molar-refractivity contribution in [1.82, 2.24) is 25.0 Å². The van der Waals surface area contributed by atoms with Crippen LogP contribution in [0.1, 0.15) is 34.5 Å². The van der Waals surface area contributed by atoms with E-state index >= 15 is 0 Å². The molecule has 8 nitrogen and oxygen atoms in total. The van der Waals surface area contributed by atoms with Crippen LogP contribution < -0.4 is 5.32 Å². The summed E-state index contributed by atoms with van der Waals surface area (Å²) in [6, 6.07) is 14.9. The molecular formula is C24H23N5O3. The van der Waals surface area contributed by atoms with Gasteiger partial charge in [0.05, 0.1) is 31.1 Å². The number of amides is 2. The Bertz CT molecular complexity index is 1230. The van der Waals surface area contributed by atoms with Gasteiger partial charge in [-0.2, -0.15) is 5.10 Å². The number of furan rings is 1. The van der Waals surface area contributed by atoms with Crippen LogP contribution in [0.25, 0.3) is 11.0 Å². The number of carbonyl (C=O) groups is 2. The van der Waals surface area contributed by atoms with Crippen LogP contribution in [0.15, 0.2) is 71.6 Å². The topological polar surface area (TPSA) is 93.3 Å². The van der Waals surface area contributed by atoms with Gasteiger partial charge in [-0.05, 0) is 36.6 Å². The zero-order valence-corrected chi connectivity index (χ0v) is 17.5. The predicted molar refractivity (Wildman–Crippen MR) is 118 cm³/mol. The summed E-state index contributed by atoms with van der Waals surface area (Å²) in [6.45, 7) is 1.45. The van der Waals surface area contributed by atoms with Gasteiger partial charge in [-0.3, -0.25) is 9.59 Å². The molecule has 0 spiro atoms. The van der Waals surface area contributed by atoms with Crippen LogP contribution in [0, 0.1) is 0 Å². The number of likely N-dealkylation sites (tertiary alicyclic amines) is 1. The molecule has 3 aromatic heterocycles. The maximum absolute atomic E-state index is 13.2. The first-order chi connectivity index (χ1) is 15.7. The molecule has 0 aliphatic carbocycles. The van der Waals surface area contributed by atoms with Crippen molar-refractivity contribution in [1.29, 1.82) is 0 Å². The Morgan fingerprint density at radius 2 is 2.00 bits per heavy atom. The van der Waals surface area contributed by atoms with Crippen molar-refractivity contribution in [2.75, 3.05) is 6.54 Å². The molecule has 4 heterocycles. The molecule has 1 fully saturated rings. The maximum atomic E-state index is 13.2. The van der Waals surface area contributed by atoms with Gasteiger partial charge >= 0.3 is 0 Å². The third kappa shape index (κ3) is 3.99. The number of carbonyl (C=O) groups excluding carboxylic acids is 2. The highest BCUT2D eigenvalue weighted by atomic mass is 16.3. The van der Waals surface area contributed by atoms with E-state index in [2.05, 4.69) is 15.4 Å². The van der Waals surface area contributed by atoms with Gasteiger partial charge in [0, 0.05) is 18.1 Å². The average molecular weight is 429 g/mol. The summed E-state index contributed by atoms with van der Waals surface area (Å²) in [5.74, 6) is 0.319.